The first-order valence-electron chi connectivity index (χ1n) is 11.2. The third-order valence-corrected chi connectivity index (χ3v) is 6.16. The number of benzene rings is 2. The maximum absolute atomic E-state index is 13.6. The molecular formula is C25H24F2N6O2. The molecule has 1 aliphatic heterocycles. The number of aryl methyl sites for hydroxylation is 1. The Morgan fingerprint density at radius 1 is 1.17 bits per heavy atom. The molecule has 35 heavy (non-hydrogen) atoms. The number of anilines is 1. The van der Waals surface area contributed by atoms with Crippen molar-refractivity contribution < 1.29 is 18.4 Å². The highest BCUT2D eigenvalue weighted by Gasteiger charge is 2.45. The minimum absolute atomic E-state index is 0.0850. The minimum atomic E-state index is -3.54. The van der Waals surface area contributed by atoms with Gasteiger partial charge in [0.1, 0.15) is 0 Å². The van der Waals surface area contributed by atoms with Crippen molar-refractivity contribution in [2.45, 2.75) is 37.9 Å². The Kier molecular flexibility index (Phi) is 5.58. The van der Waals surface area contributed by atoms with Gasteiger partial charge in [0, 0.05) is 37.7 Å². The maximum atomic E-state index is 13.6. The first kappa shape index (κ1) is 22.7. The van der Waals surface area contributed by atoms with Crippen LogP contribution in [0.4, 0.5) is 14.5 Å². The molecule has 1 aliphatic rings. The Hall–Kier alpha value is -4.08. The van der Waals surface area contributed by atoms with Gasteiger partial charge in [-0.3, -0.25) is 19.0 Å². The zero-order valence-electron chi connectivity index (χ0n) is 19.2. The Bertz CT molecular complexity index is 1390. The molecule has 3 heterocycles. The maximum Gasteiger partial charge on any atom is 0.321 e. The molecule has 2 atom stereocenters. The van der Waals surface area contributed by atoms with Crippen LogP contribution in [-0.4, -0.2) is 43.3 Å². The molecule has 0 bridgehead atoms. The number of nitrogens with zero attached hydrogens (tertiary/aromatic N) is 5. The molecule has 0 radical (unpaired) electrons. The molecule has 180 valence electrons. The summed E-state index contributed by atoms with van der Waals surface area (Å²) in [5.41, 5.74) is 3.09. The molecule has 1 fully saturated rings. The van der Waals surface area contributed by atoms with Crippen LogP contribution in [-0.2, 0) is 23.2 Å². The summed E-state index contributed by atoms with van der Waals surface area (Å²) >= 11 is 0. The summed E-state index contributed by atoms with van der Waals surface area (Å²) in [5.74, 6) is -5.20. The van der Waals surface area contributed by atoms with Gasteiger partial charge in [-0.1, -0.05) is 30.3 Å². The lowest BCUT2D eigenvalue weighted by atomic mass is 9.99. The number of nitrogens with one attached hydrogen (secondary N) is 1. The second-order valence-corrected chi connectivity index (χ2v) is 8.82. The lowest BCUT2D eigenvalue weighted by molar-refractivity contribution is -0.143. The molecule has 0 saturated carbocycles. The van der Waals surface area contributed by atoms with E-state index in [1.807, 2.05) is 72.5 Å². The van der Waals surface area contributed by atoms with E-state index in [9.17, 15) is 18.4 Å². The summed E-state index contributed by atoms with van der Waals surface area (Å²) in [6, 6.07) is 15.1. The fourth-order valence-electron chi connectivity index (χ4n) is 4.55. The predicted octanol–water partition coefficient (Wildman–Crippen LogP) is 3.44. The van der Waals surface area contributed by atoms with E-state index >= 15 is 0 Å². The first-order valence-corrected chi connectivity index (χ1v) is 11.2. The van der Waals surface area contributed by atoms with Crippen molar-refractivity contribution in [2.24, 2.45) is 7.05 Å². The van der Waals surface area contributed by atoms with Crippen molar-refractivity contribution in [1.82, 2.24) is 24.9 Å². The standard InChI is InChI=1S/C25H24F2N6O2/c1-25(26,27)24(35)29-20-13-22(34)33(23(20)16-6-4-3-5-7-16)19-8-9-21-17(12-19)14-28-32(21)15-18-10-11-31(2)30-18/h3-12,14,20,23H,13,15H2,1-2H3,(H,29,35)/t20-,23+/m0/s1. The summed E-state index contributed by atoms with van der Waals surface area (Å²) in [4.78, 5) is 26.8. The van der Waals surface area contributed by atoms with Crippen LogP contribution in [0.3, 0.4) is 0 Å². The third kappa shape index (κ3) is 4.39. The summed E-state index contributed by atoms with van der Waals surface area (Å²) in [5, 5.41) is 12.1. The zero-order chi connectivity index (χ0) is 24.7. The topological polar surface area (TPSA) is 85.0 Å². The van der Waals surface area contributed by atoms with Crippen molar-refractivity contribution in [2.75, 3.05) is 4.90 Å². The van der Waals surface area contributed by atoms with Crippen molar-refractivity contribution >= 4 is 28.4 Å². The molecule has 10 heteroatoms. The number of hydrogen-bond donors (Lipinski definition) is 1. The van der Waals surface area contributed by atoms with E-state index in [0.29, 0.717) is 19.2 Å². The van der Waals surface area contributed by atoms with Crippen LogP contribution in [0.5, 0.6) is 0 Å². The van der Waals surface area contributed by atoms with E-state index in [-0.39, 0.29) is 12.3 Å². The summed E-state index contributed by atoms with van der Waals surface area (Å²) in [7, 11) is 1.85. The van der Waals surface area contributed by atoms with Crippen molar-refractivity contribution in [3.8, 4) is 0 Å². The number of fused-ring (bicyclic) bond motifs is 1. The second-order valence-electron chi connectivity index (χ2n) is 8.82. The van der Waals surface area contributed by atoms with Crippen molar-refractivity contribution in [3.05, 3.63) is 78.2 Å². The monoisotopic (exact) mass is 478 g/mol. The largest absolute Gasteiger partial charge is 0.345 e. The molecule has 2 aromatic carbocycles. The summed E-state index contributed by atoms with van der Waals surface area (Å²) < 4.78 is 30.8. The lowest BCUT2D eigenvalue weighted by Crippen LogP contribution is -2.46. The molecule has 4 aromatic rings. The average Bonchev–Trinajstić information content (AvgIpc) is 3.50. The number of carbonyl (C=O) groups is 2. The van der Waals surface area contributed by atoms with Gasteiger partial charge in [-0.05, 0) is 29.8 Å². The van der Waals surface area contributed by atoms with Gasteiger partial charge in [0.15, 0.2) is 0 Å². The number of aromatic nitrogens is 4. The Morgan fingerprint density at radius 2 is 1.94 bits per heavy atom. The van der Waals surface area contributed by atoms with Crippen molar-refractivity contribution in [3.63, 3.8) is 0 Å². The molecule has 2 amide bonds. The van der Waals surface area contributed by atoms with Gasteiger partial charge < -0.3 is 10.2 Å². The van der Waals surface area contributed by atoms with E-state index in [2.05, 4.69) is 15.5 Å². The summed E-state index contributed by atoms with van der Waals surface area (Å²) in [6.45, 7) is 1.04. The average molecular weight is 479 g/mol. The van der Waals surface area contributed by atoms with E-state index in [0.717, 1.165) is 22.2 Å². The molecular weight excluding hydrogens is 454 g/mol. The molecule has 8 nitrogen and oxygen atoms in total. The number of hydrogen-bond acceptors (Lipinski definition) is 4. The van der Waals surface area contributed by atoms with Gasteiger partial charge >= 0.3 is 5.92 Å². The van der Waals surface area contributed by atoms with Gasteiger partial charge in [0.25, 0.3) is 5.91 Å². The van der Waals surface area contributed by atoms with E-state index in [1.165, 1.54) is 0 Å². The molecule has 2 aromatic heterocycles. The van der Waals surface area contributed by atoms with Crippen LogP contribution in [0.25, 0.3) is 10.9 Å². The smallest absolute Gasteiger partial charge is 0.321 e. The van der Waals surface area contributed by atoms with Gasteiger partial charge in [-0.25, -0.2) is 0 Å². The highest BCUT2D eigenvalue weighted by Crippen LogP contribution is 2.38. The number of rotatable bonds is 6. The van der Waals surface area contributed by atoms with E-state index in [1.54, 1.807) is 15.8 Å². The summed E-state index contributed by atoms with van der Waals surface area (Å²) in [6.07, 6.45) is 3.50. The molecule has 0 aliphatic carbocycles. The predicted molar refractivity (Wildman–Crippen MR) is 126 cm³/mol. The van der Waals surface area contributed by atoms with Crippen LogP contribution in [0.1, 0.15) is 30.6 Å². The van der Waals surface area contributed by atoms with E-state index < -0.39 is 23.9 Å². The van der Waals surface area contributed by atoms with E-state index in [4.69, 9.17) is 0 Å². The van der Waals surface area contributed by atoms with Gasteiger partial charge in [0.2, 0.25) is 5.91 Å². The Morgan fingerprint density at radius 3 is 2.63 bits per heavy atom. The molecule has 0 spiro atoms. The lowest BCUT2D eigenvalue weighted by Gasteiger charge is -2.29. The zero-order valence-corrected chi connectivity index (χ0v) is 19.2. The molecule has 0 unspecified atom stereocenters. The second kappa shape index (κ2) is 8.61. The highest BCUT2D eigenvalue weighted by atomic mass is 19.3. The number of carbonyl (C=O) groups excluding carboxylic acids is 2. The highest BCUT2D eigenvalue weighted by molar-refractivity contribution is 6.00. The molecule has 1 N–H and O–H groups in total. The van der Waals surface area contributed by atoms with Gasteiger partial charge in [-0.15, -0.1) is 0 Å². The molecule has 1 saturated heterocycles. The quantitative estimate of drug-likeness (QED) is 0.460. The fraction of sp³-hybridized carbons (Fsp3) is 0.280. The van der Waals surface area contributed by atoms with Crippen LogP contribution in [0, 0.1) is 0 Å². The minimum Gasteiger partial charge on any atom is -0.345 e. The fourth-order valence-corrected chi connectivity index (χ4v) is 4.55. The number of alkyl halides is 2. The number of amides is 2. The first-order chi connectivity index (χ1) is 16.7. The Labute approximate surface area is 200 Å². The van der Waals surface area contributed by atoms with Gasteiger partial charge in [0.05, 0.1) is 36.0 Å². The van der Waals surface area contributed by atoms with Crippen LogP contribution >= 0.6 is 0 Å². The van der Waals surface area contributed by atoms with Crippen molar-refractivity contribution in [1.29, 1.82) is 0 Å². The molecule has 5 rings (SSSR count). The van der Waals surface area contributed by atoms with Gasteiger partial charge in [-0.2, -0.15) is 19.0 Å². The van der Waals surface area contributed by atoms with Crippen LogP contribution < -0.4 is 10.2 Å². The Balaban J connectivity index is 1.49. The third-order valence-electron chi connectivity index (χ3n) is 6.16. The SMILES string of the molecule is Cn1ccc(Cn2ncc3cc(N4C(=O)C[C@H](NC(=O)C(C)(F)F)[C@H]4c4ccccc4)ccc32)n1. The normalized spacial score (nSPS) is 18.4. The van der Waals surface area contributed by atoms with Crippen LogP contribution in [0.15, 0.2) is 67.0 Å². The number of halogens is 2. The van der Waals surface area contributed by atoms with Crippen LogP contribution in [0.2, 0.25) is 0 Å².